The molecule has 0 radical (unpaired) electrons. The summed E-state index contributed by atoms with van der Waals surface area (Å²) in [6, 6.07) is 21.2. The van der Waals surface area contributed by atoms with E-state index in [1.807, 2.05) is 18.3 Å². The van der Waals surface area contributed by atoms with Crippen molar-refractivity contribution in [3.05, 3.63) is 72.4 Å². The molecule has 2 heteroatoms. The zero-order chi connectivity index (χ0) is 13.8. The number of pyridine rings is 1. The fraction of sp³-hybridized carbons (Fsp3) is 0.167. The molecule has 1 heterocycles. The molecule has 0 spiro atoms. The van der Waals surface area contributed by atoms with Crippen molar-refractivity contribution in [2.24, 2.45) is 0 Å². The van der Waals surface area contributed by atoms with E-state index in [2.05, 4.69) is 65.8 Å². The van der Waals surface area contributed by atoms with Crippen molar-refractivity contribution in [1.82, 2.24) is 4.98 Å². The van der Waals surface area contributed by atoms with Gasteiger partial charge in [-0.1, -0.05) is 61.5 Å². The Morgan fingerprint density at radius 3 is 2.50 bits per heavy atom. The first kappa shape index (κ1) is 12.7. The van der Waals surface area contributed by atoms with Gasteiger partial charge in [-0.05, 0) is 23.4 Å². The minimum absolute atomic E-state index is 0.287. The lowest BCUT2D eigenvalue weighted by atomic mass is 10.0. The average Bonchev–Trinajstić information content (AvgIpc) is 2.53. The molecule has 0 bridgehead atoms. The van der Waals surface area contributed by atoms with Crippen LogP contribution in [0.25, 0.3) is 10.8 Å². The summed E-state index contributed by atoms with van der Waals surface area (Å²) in [5.74, 6) is 0.957. The largest absolute Gasteiger partial charge is 0.363 e. The first-order chi connectivity index (χ1) is 9.88. The predicted molar refractivity (Wildman–Crippen MR) is 84.8 cm³/mol. The van der Waals surface area contributed by atoms with Crippen molar-refractivity contribution < 1.29 is 0 Å². The van der Waals surface area contributed by atoms with Crippen LogP contribution < -0.4 is 5.32 Å². The van der Waals surface area contributed by atoms with Crippen LogP contribution in [0.4, 0.5) is 5.82 Å². The van der Waals surface area contributed by atoms with Crippen molar-refractivity contribution in [3.63, 3.8) is 0 Å². The highest BCUT2D eigenvalue weighted by molar-refractivity contribution is 5.91. The Morgan fingerprint density at radius 1 is 0.950 bits per heavy atom. The summed E-state index contributed by atoms with van der Waals surface area (Å²) in [6.07, 6.45) is 2.89. The summed E-state index contributed by atoms with van der Waals surface area (Å²) >= 11 is 0. The predicted octanol–water partition coefficient (Wildman–Crippen LogP) is 4.80. The number of hydrogen-bond donors (Lipinski definition) is 1. The second-order valence-corrected chi connectivity index (χ2v) is 4.90. The molecule has 1 atom stereocenters. The van der Waals surface area contributed by atoms with Crippen LogP contribution in [0.2, 0.25) is 0 Å². The van der Waals surface area contributed by atoms with Gasteiger partial charge in [-0.2, -0.15) is 0 Å². The Balaban J connectivity index is 1.96. The number of rotatable bonds is 4. The van der Waals surface area contributed by atoms with Gasteiger partial charge in [-0.25, -0.2) is 4.98 Å². The molecule has 1 N–H and O–H groups in total. The van der Waals surface area contributed by atoms with Gasteiger partial charge in [-0.15, -0.1) is 0 Å². The molecular weight excluding hydrogens is 244 g/mol. The molecule has 20 heavy (non-hydrogen) atoms. The SMILES string of the molecule is CCC(Nc1nccc2ccccc12)c1ccccc1. The van der Waals surface area contributed by atoms with Gasteiger partial charge in [0.1, 0.15) is 5.82 Å². The minimum atomic E-state index is 0.287. The number of aromatic nitrogens is 1. The lowest BCUT2D eigenvalue weighted by Crippen LogP contribution is -2.10. The second-order valence-electron chi connectivity index (χ2n) is 4.90. The van der Waals surface area contributed by atoms with E-state index < -0.39 is 0 Å². The normalized spacial score (nSPS) is 12.2. The summed E-state index contributed by atoms with van der Waals surface area (Å²) in [7, 11) is 0. The molecule has 3 rings (SSSR count). The molecule has 0 fully saturated rings. The third-order valence-corrected chi connectivity index (χ3v) is 3.59. The van der Waals surface area contributed by atoms with Gasteiger partial charge >= 0.3 is 0 Å². The first-order valence-electron chi connectivity index (χ1n) is 7.03. The third kappa shape index (κ3) is 2.50. The molecule has 0 aliphatic rings. The smallest absolute Gasteiger partial charge is 0.134 e. The van der Waals surface area contributed by atoms with E-state index in [9.17, 15) is 0 Å². The quantitative estimate of drug-likeness (QED) is 0.730. The maximum Gasteiger partial charge on any atom is 0.134 e. The van der Waals surface area contributed by atoms with Crippen LogP contribution in [0.15, 0.2) is 66.9 Å². The molecule has 2 aromatic carbocycles. The summed E-state index contributed by atoms with van der Waals surface area (Å²) in [5.41, 5.74) is 1.30. The maximum atomic E-state index is 4.51. The van der Waals surface area contributed by atoms with Gasteiger partial charge in [0.05, 0.1) is 6.04 Å². The molecule has 0 aliphatic heterocycles. The van der Waals surface area contributed by atoms with Gasteiger partial charge in [-0.3, -0.25) is 0 Å². The molecule has 3 aromatic rings. The van der Waals surface area contributed by atoms with Crippen LogP contribution in [-0.2, 0) is 0 Å². The molecule has 0 amide bonds. The number of nitrogens with zero attached hydrogens (tertiary/aromatic N) is 1. The Labute approximate surface area is 119 Å². The summed E-state index contributed by atoms with van der Waals surface area (Å²) in [4.78, 5) is 4.51. The van der Waals surface area contributed by atoms with Crippen molar-refractivity contribution in [2.75, 3.05) is 5.32 Å². The zero-order valence-corrected chi connectivity index (χ0v) is 11.6. The van der Waals surface area contributed by atoms with Gasteiger partial charge in [0.2, 0.25) is 0 Å². The van der Waals surface area contributed by atoms with E-state index in [1.165, 1.54) is 16.3 Å². The number of benzene rings is 2. The Morgan fingerprint density at radius 2 is 1.70 bits per heavy atom. The van der Waals surface area contributed by atoms with Crippen LogP contribution in [0.3, 0.4) is 0 Å². The van der Waals surface area contributed by atoms with E-state index in [1.54, 1.807) is 0 Å². The van der Waals surface area contributed by atoms with Crippen LogP contribution in [-0.4, -0.2) is 4.98 Å². The molecule has 0 aliphatic carbocycles. The van der Waals surface area contributed by atoms with Crippen LogP contribution in [0.1, 0.15) is 24.9 Å². The zero-order valence-electron chi connectivity index (χ0n) is 11.6. The standard InChI is InChI=1S/C18H18N2/c1-2-17(15-9-4-3-5-10-15)20-18-16-11-7-6-8-14(16)12-13-19-18/h3-13,17H,2H2,1H3,(H,19,20). The molecule has 100 valence electrons. The fourth-order valence-electron chi connectivity index (χ4n) is 2.51. The topological polar surface area (TPSA) is 24.9 Å². The summed E-state index contributed by atoms with van der Waals surface area (Å²) in [6.45, 7) is 2.19. The highest BCUT2D eigenvalue weighted by Gasteiger charge is 2.10. The minimum Gasteiger partial charge on any atom is -0.363 e. The third-order valence-electron chi connectivity index (χ3n) is 3.59. The van der Waals surface area contributed by atoms with Crippen molar-refractivity contribution in [1.29, 1.82) is 0 Å². The molecular formula is C18H18N2. The van der Waals surface area contributed by atoms with Crippen molar-refractivity contribution in [2.45, 2.75) is 19.4 Å². The van der Waals surface area contributed by atoms with E-state index in [-0.39, 0.29) is 6.04 Å². The lowest BCUT2D eigenvalue weighted by molar-refractivity contribution is 0.746. The Kier molecular flexibility index (Phi) is 3.64. The van der Waals surface area contributed by atoms with Crippen molar-refractivity contribution >= 4 is 16.6 Å². The molecule has 0 saturated heterocycles. The number of hydrogen-bond acceptors (Lipinski definition) is 2. The van der Waals surface area contributed by atoms with Gasteiger partial charge in [0, 0.05) is 11.6 Å². The average molecular weight is 262 g/mol. The molecule has 1 unspecified atom stereocenters. The number of fused-ring (bicyclic) bond motifs is 1. The fourth-order valence-corrected chi connectivity index (χ4v) is 2.51. The van der Waals surface area contributed by atoms with Gasteiger partial charge in [0.25, 0.3) is 0 Å². The summed E-state index contributed by atoms with van der Waals surface area (Å²) in [5, 5.41) is 5.96. The van der Waals surface area contributed by atoms with Crippen LogP contribution >= 0.6 is 0 Å². The van der Waals surface area contributed by atoms with E-state index >= 15 is 0 Å². The van der Waals surface area contributed by atoms with Crippen LogP contribution in [0.5, 0.6) is 0 Å². The van der Waals surface area contributed by atoms with Gasteiger partial charge in [0.15, 0.2) is 0 Å². The van der Waals surface area contributed by atoms with Crippen LogP contribution in [0, 0.1) is 0 Å². The Bertz CT molecular complexity index is 687. The second kappa shape index (κ2) is 5.74. The lowest BCUT2D eigenvalue weighted by Gasteiger charge is -2.19. The van der Waals surface area contributed by atoms with E-state index in [0.717, 1.165) is 12.2 Å². The van der Waals surface area contributed by atoms with Gasteiger partial charge < -0.3 is 5.32 Å². The van der Waals surface area contributed by atoms with E-state index in [0.29, 0.717) is 0 Å². The molecule has 2 nitrogen and oxygen atoms in total. The number of nitrogens with one attached hydrogen (secondary N) is 1. The highest BCUT2D eigenvalue weighted by Crippen LogP contribution is 2.26. The van der Waals surface area contributed by atoms with Crippen molar-refractivity contribution in [3.8, 4) is 0 Å². The summed E-state index contributed by atoms with van der Waals surface area (Å²) < 4.78 is 0. The molecule has 1 aromatic heterocycles. The number of anilines is 1. The monoisotopic (exact) mass is 262 g/mol. The van der Waals surface area contributed by atoms with E-state index in [4.69, 9.17) is 0 Å². The first-order valence-corrected chi connectivity index (χ1v) is 7.03. The highest BCUT2D eigenvalue weighted by atomic mass is 15.0. The maximum absolute atomic E-state index is 4.51. The molecule has 0 saturated carbocycles. The Hall–Kier alpha value is -2.35.